The van der Waals surface area contributed by atoms with Gasteiger partial charge in [-0.15, -0.1) is 0 Å². The van der Waals surface area contributed by atoms with E-state index in [1.807, 2.05) is 45.9 Å². The van der Waals surface area contributed by atoms with Gasteiger partial charge in [0.05, 0.1) is 4.90 Å². The highest BCUT2D eigenvalue weighted by Gasteiger charge is 2.34. The number of benzene rings is 2. The van der Waals surface area contributed by atoms with Crippen LogP contribution in [0.25, 0.3) is 11.5 Å². The summed E-state index contributed by atoms with van der Waals surface area (Å²) >= 11 is 5.94. The Bertz CT molecular complexity index is 1190. The number of piperidine rings is 1. The fourth-order valence-electron chi connectivity index (χ4n) is 4.16. The number of aromatic nitrogens is 2. The predicted octanol–water partition coefficient (Wildman–Crippen LogP) is 5.19. The Hall–Kier alpha value is -2.22. The SMILES string of the molecule is Cc1cc(C)c(C)c(S(=O)(=O)N2CCC(c3noc(-c4ccc(Cl)cc4)n3)CC2)c1C. The van der Waals surface area contributed by atoms with Crippen LogP contribution in [-0.2, 0) is 10.0 Å². The molecule has 0 N–H and O–H groups in total. The molecule has 1 aromatic heterocycles. The molecule has 0 amide bonds. The number of rotatable bonds is 4. The first kappa shape index (κ1) is 22.0. The van der Waals surface area contributed by atoms with Crippen LogP contribution in [0, 0.1) is 27.7 Å². The number of aryl methyl sites for hydroxylation is 2. The van der Waals surface area contributed by atoms with Crippen molar-refractivity contribution in [2.45, 2.75) is 51.3 Å². The first-order chi connectivity index (χ1) is 14.7. The Balaban J connectivity index is 1.51. The average Bonchev–Trinajstić information content (AvgIpc) is 3.23. The zero-order valence-corrected chi connectivity index (χ0v) is 19.7. The van der Waals surface area contributed by atoms with Gasteiger partial charge in [0.25, 0.3) is 5.89 Å². The lowest BCUT2D eigenvalue weighted by Crippen LogP contribution is -2.38. The highest BCUT2D eigenvalue weighted by molar-refractivity contribution is 7.89. The monoisotopic (exact) mass is 459 g/mol. The molecule has 31 heavy (non-hydrogen) atoms. The van der Waals surface area contributed by atoms with Crippen LogP contribution in [0.4, 0.5) is 0 Å². The lowest BCUT2D eigenvalue weighted by molar-refractivity contribution is 0.307. The average molecular weight is 460 g/mol. The molecule has 2 aromatic carbocycles. The second kappa shape index (κ2) is 8.37. The van der Waals surface area contributed by atoms with Gasteiger partial charge in [0.2, 0.25) is 10.0 Å². The molecular formula is C23H26ClN3O3S. The van der Waals surface area contributed by atoms with Gasteiger partial charge in [-0.3, -0.25) is 0 Å². The van der Waals surface area contributed by atoms with Crippen LogP contribution >= 0.6 is 11.6 Å². The van der Waals surface area contributed by atoms with Crippen molar-refractivity contribution in [1.29, 1.82) is 0 Å². The summed E-state index contributed by atoms with van der Waals surface area (Å²) in [4.78, 5) is 4.99. The molecule has 0 aliphatic carbocycles. The van der Waals surface area contributed by atoms with Crippen molar-refractivity contribution in [3.05, 3.63) is 63.4 Å². The summed E-state index contributed by atoms with van der Waals surface area (Å²) < 4.78 is 33.9. The topological polar surface area (TPSA) is 76.3 Å². The van der Waals surface area contributed by atoms with Gasteiger partial charge in [-0.1, -0.05) is 22.8 Å². The van der Waals surface area contributed by atoms with Crippen molar-refractivity contribution in [3.8, 4) is 11.5 Å². The minimum absolute atomic E-state index is 0.0673. The maximum atomic E-state index is 13.5. The summed E-state index contributed by atoms with van der Waals surface area (Å²) in [7, 11) is -3.56. The smallest absolute Gasteiger partial charge is 0.257 e. The molecule has 1 aliphatic rings. The molecule has 0 spiro atoms. The van der Waals surface area contributed by atoms with E-state index < -0.39 is 10.0 Å². The Morgan fingerprint density at radius 2 is 1.58 bits per heavy atom. The third kappa shape index (κ3) is 4.14. The molecule has 0 radical (unpaired) electrons. The number of hydrogen-bond donors (Lipinski definition) is 0. The molecule has 4 rings (SSSR count). The molecule has 0 bridgehead atoms. The van der Waals surface area contributed by atoms with E-state index in [0.717, 1.165) is 27.8 Å². The van der Waals surface area contributed by atoms with Crippen molar-refractivity contribution in [1.82, 2.24) is 14.4 Å². The van der Waals surface area contributed by atoms with E-state index in [-0.39, 0.29) is 5.92 Å². The predicted molar refractivity (Wildman–Crippen MR) is 121 cm³/mol. The van der Waals surface area contributed by atoms with Crippen LogP contribution in [0.5, 0.6) is 0 Å². The maximum absolute atomic E-state index is 13.5. The van der Waals surface area contributed by atoms with Gasteiger partial charge in [0, 0.05) is 29.6 Å². The van der Waals surface area contributed by atoms with Crippen LogP contribution in [0.15, 0.2) is 39.8 Å². The van der Waals surface area contributed by atoms with E-state index in [4.69, 9.17) is 16.1 Å². The number of sulfonamides is 1. The highest BCUT2D eigenvalue weighted by atomic mass is 35.5. The summed E-state index contributed by atoms with van der Waals surface area (Å²) in [5.74, 6) is 1.14. The van der Waals surface area contributed by atoms with Crippen molar-refractivity contribution in [2.75, 3.05) is 13.1 Å². The standard InChI is InChI=1S/C23H26ClN3O3S/c1-14-13-15(2)17(4)21(16(14)3)31(28,29)27-11-9-18(10-12-27)22-25-23(30-26-22)19-5-7-20(24)8-6-19/h5-8,13,18H,9-12H2,1-4H3. The molecule has 1 aliphatic heterocycles. The van der Waals surface area contributed by atoms with Gasteiger partial charge in [-0.05, 0) is 87.1 Å². The van der Waals surface area contributed by atoms with Crippen molar-refractivity contribution in [3.63, 3.8) is 0 Å². The van der Waals surface area contributed by atoms with Crippen LogP contribution in [0.2, 0.25) is 5.02 Å². The maximum Gasteiger partial charge on any atom is 0.257 e. The van der Waals surface area contributed by atoms with Gasteiger partial charge < -0.3 is 4.52 Å². The molecule has 8 heteroatoms. The first-order valence-corrected chi connectivity index (χ1v) is 12.2. The molecule has 1 fully saturated rings. The van der Waals surface area contributed by atoms with Crippen LogP contribution < -0.4 is 0 Å². The first-order valence-electron chi connectivity index (χ1n) is 10.4. The van der Waals surface area contributed by atoms with E-state index in [9.17, 15) is 8.42 Å². The molecule has 1 saturated heterocycles. The number of hydrogen-bond acceptors (Lipinski definition) is 5. The van der Waals surface area contributed by atoms with Crippen LogP contribution in [0.3, 0.4) is 0 Å². The second-order valence-electron chi connectivity index (χ2n) is 8.23. The van der Waals surface area contributed by atoms with Crippen LogP contribution in [0.1, 0.15) is 46.8 Å². The molecular weight excluding hydrogens is 434 g/mol. The lowest BCUT2D eigenvalue weighted by atomic mass is 9.97. The van der Waals surface area contributed by atoms with E-state index >= 15 is 0 Å². The summed E-state index contributed by atoms with van der Waals surface area (Å²) in [6, 6.07) is 9.28. The molecule has 164 valence electrons. The zero-order chi connectivity index (χ0) is 22.3. The third-order valence-corrected chi connectivity index (χ3v) is 8.67. The summed E-state index contributed by atoms with van der Waals surface area (Å²) in [5.41, 5.74) is 4.46. The zero-order valence-electron chi connectivity index (χ0n) is 18.1. The van der Waals surface area contributed by atoms with Crippen LogP contribution in [-0.4, -0.2) is 36.0 Å². The highest BCUT2D eigenvalue weighted by Crippen LogP contribution is 2.34. The number of nitrogens with zero attached hydrogens (tertiary/aromatic N) is 3. The Kier molecular flexibility index (Phi) is 5.94. The minimum atomic E-state index is -3.56. The van der Waals surface area contributed by atoms with E-state index in [1.165, 1.54) is 0 Å². The number of halogens is 1. The summed E-state index contributed by atoms with van der Waals surface area (Å²) in [6.07, 6.45) is 1.31. The largest absolute Gasteiger partial charge is 0.334 e. The van der Waals surface area contributed by atoms with Crippen molar-refractivity contribution in [2.24, 2.45) is 0 Å². The molecule has 3 aromatic rings. The van der Waals surface area contributed by atoms with Gasteiger partial charge in [0.1, 0.15) is 0 Å². The quantitative estimate of drug-likeness (QED) is 0.536. The minimum Gasteiger partial charge on any atom is -0.334 e. The lowest BCUT2D eigenvalue weighted by Gasteiger charge is -2.31. The van der Waals surface area contributed by atoms with Crippen molar-refractivity contribution < 1.29 is 12.9 Å². The fourth-order valence-corrected chi connectivity index (χ4v) is 6.33. The Labute approximate surface area is 188 Å². The molecule has 6 nitrogen and oxygen atoms in total. The third-order valence-electron chi connectivity index (χ3n) is 6.25. The van der Waals surface area contributed by atoms with Gasteiger partial charge in [-0.2, -0.15) is 9.29 Å². The Morgan fingerprint density at radius 1 is 1.00 bits per heavy atom. The van der Waals surface area contributed by atoms with Gasteiger partial charge in [0.15, 0.2) is 5.82 Å². The molecule has 2 heterocycles. The Morgan fingerprint density at radius 3 is 2.16 bits per heavy atom. The van der Waals surface area contributed by atoms with E-state index in [2.05, 4.69) is 10.1 Å². The normalized spacial score (nSPS) is 16.0. The fraction of sp³-hybridized carbons (Fsp3) is 0.391. The van der Waals surface area contributed by atoms with Crippen molar-refractivity contribution >= 4 is 21.6 Å². The van der Waals surface area contributed by atoms with E-state index in [0.29, 0.717) is 47.6 Å². The van der Waals surface area contributed by atoms with E-state index in [1.54, 1.807) is 16.4 Å². The summed E-state index contributed by atoms with van der Waals surface area (Å²) in [6.45, 7) is 8.56. The summed E-state index contributed by atoms with van der Waals surface area (Å²) in [5, 5.41) is 4.79. The molecule has 0 saturated carbocycles. The van der Waals surface area contributed by atoms with Gasteiger partial charge >= 0.3 is 0 Å². The molecule has 0 atom stereocenters. The molecule has 0 unspecified atom stereocenters. The second-order valence-corrected chi connectivity index (χ2v) is 10.5. The van der Waals surface area contributed by atoms with Gasteiger partial charge in [-0.25, -0.2) is 8.42 Å².